The molecule has 2 N–H and O–H groups in total. The van der Waals surface area contributed by atoms with E-state index in [1.807, 2.05) is 11.0 Å². The van der Waals surface area contributed by atoms with Gasteiger partial charge in [-0.05, 0) is 42.3 Å². The molecule has 1 unspecified atom stereocenters. The molecule has 0 radical (unpaired) electrons. The number of hydrogen-bond donors (Lipinski definition) is 2. The highest BCUT2D eigenvalue weighted by Gasteiger charge is 2.19. The van der Waals surface area contributed by atoms with E-state index in [-0.39, 0.29) is 18.4 Å². The molecule has 1 saturated heterocycles. The van der Waals surface area contributed by atoms with E-state index in [1.54, 1.807) is 43.3 Å². The molecule has 11 heteroatoms. The number of nitrogens with zero attached hydrogens (tertiary/aromatic N) is 3. The molecule has 2 aromatic carbocycles. The number of benzene rings is 2. The molecule has 2 aromatic rings. The largest absolute Gasteiger partial charge is 0.351 e. The van der Waals surface area contributed by atoms with Gasteiger partial charge in [0.05, 0.1) is 15.7 Å². The highest BCUT2D eigenvalue weighted by atomic mass is 35.5. The Morgan fingerprint density at radius 3 is 2.38 bits per heavy atom. The molecule has 1 aliphatic rings. The van der Waals surface area contributed by atoms with Crippen molar-refractivity contribution in [3.05, 3.63) is 63.6 Å². The van der Waals surface area contributed by atoms with E-state index in [1.165, 1.54) is 4.31 Å². The normalized spacial score (nSPS) is 15.1. The molecule has 8 nitrogen and oxygen atoms in total. The summed E-state index contributed by atoms with van der Waals surface area (Å²) in [6, 6.07) is 11.8. The Morgan fingerprint density at radius 1 is 1.09 bits per heavy atom. The zero-order valence-electron chi connectivity index (χ0n) is 18.9. The van der Waals surface area contributed by atoms with E-state index in [9.17, 15) is 18.4 Å². The second-order valence-electron chi connectivity index (χ2n) is 7.95. The maximum absolute atomic E-state index is 12.5. The van der Waals surface area contributed by atoms with Crippen LogP contribution in [0.4, 0.5) is 5.69 Å². The van der Waals surface area contributed by atoms with Gasteiger partial charge in [0.25, 0.3) is 17.2 Å². The molecule has 1 heterocycles. The van der Waals surface area contributed by atoms with Crippen LogP contribution in [-0.2, 0) is 22.5 Å². The van der Waals surface area contributed by atoms with E-state index < -0.39 is 11.3 Å². The summed E-state index contributed by atoms with van der Waals surface area (Å²) in [5.41, 5.74) is 1.76. The van der Waals surface area contributed by atoms with Crippen LogP contribution in [0.25, 0.3) is 0 Å². The van der Waals surface area contributed by atoms with Gasteiger partial charge in [0, 0.05) is 58.3 Å². The molecular weight excluding hydrogens is 499 g/mol. The summed E-state index contributed by atoms with van der Waals surface area (Å²) in [4.78, 5) is 27.9. The summed E-state index contributed by atoms with van der Waals surface area (Å²) in [5.74, 6) is -0.121. The maximum Gasteiger partial charge on any atom is 0.261 e. The van der Waals surface area contributed by atoms with Crippen molar-refractivity contribution in [1.29, 1.82) is 0 Å². The van der Waals surface area contributed by atoms with Crippen LogP contribution in [-0.4, -0.2) is 76.2 Å². The molecule has 0 aromatic heterocycles. The van der Waals surface area contributed by atoms with E-state index in [4.69, 9.17) is 23.2 Å². The zero-order valence-corrected chi connectivity index (χ0v) is 21.2. The topological polar surface area (TPSA) is 93.2 Å². The summed E-state index contributed by atoms with van der Waals surface area (Å²) in [6.07, 6.45) is 0.425. The van der Waals surface area contributed by atoms with Gasteiger partial charge in [-0.2, -0.15) is 0 Å². The molecule has 0 spiro atoms. The number of nitrogens with one attached hydrogen (secondary N) is 1. The number of halogens is 2. The lowest BCUT2D eigenvalue weighted by molar-refractivity contribution is -0.130. The second kappa shape index (κ2) is 12.5. The zero-order chi connectivity index (χ0) is 24.7. The molecule has 0 bridgehead atoms. The van der Waals surface area contributed by atoms with E-state index in [0.717, 1.165) is 18.7 Å². The SMILES string of the molecule is CC(=O)N1CCN(CCNC(=O)c2ccc(N(CCc3cccc(Cl)c3Cl)S(=O)O)cc2)CC1. The molecule has 1 atom stereocenters. The fourth-order valence-electron chi connectivity index (χ4n) is 3.76. The van der Waals surface area contributed by atoms with Crippen molar-refractivity contribution >= 4 is 52.0 Å². The van der Waals surface area contributed by atoms with Crippen LogP contribution in [0.2, 0.25) is 10.0 Å². The Labute approximate surface area is 212 Å². The van der Waals surface area contributed by atoms with Crippen LogP contribution in [0.3, 0.4) is 0 Å². The minimum absolute atomic E-state index is 0.0910. The molecule has 0 aliphatic carbocycles. The lowest BCUT2D eigenvalue weighted by Gasteiger charge is -2.34. The third-order valence-electron chi connectivity index (χ3n) is 5.75. The lowest BCUT2D eigenvalue weighted by Crippen LogP contribution is -2.49. The summed E-state index contributed by atoms with van der Waals surface area (Å²) in [7, 11) is 0. The first-order valence-corrected chi connectivity index (χ1v) is 12.8. The summed E-state index contributed by atoms with van der Waals surface area (Å²) >= 11 is 10.0. The average Bonchev–Trinajstić information content (AvgIpc) is 2.82. The van der Waals surface area contributed by atoms with Gasteiger partial charge < -0.3 is 10.2 Å². The molecule has 184 valence electrons. The Morgan fingerprint density at radius 2 is 1.76 bits per heavy atom. The smallest absolute Gasteiger partial charge is 0.261 e. The number of amides is 2. The fourth-order valence-corrected chi connectivity index (χ4v) is 4.72. The van der Waals surface area contributed by atoms with Crippen LogP contribution >= 0.6 is 23.2 Å². The molecule has 1 aliphatic heterocycles. The number of piperazine rings is 1. The van der Waals surface area contributed by atoms with Crippen molar-refractivity contribution < 1.29 is 18.4 Å². The van der Waals surface area contributed by atoms with E-state index in [2.05, 4.69) is 10.2 Å². The van der Waals surface area contributed by atoms with Crippen molar-refractivity contribution in [2.45, 2.75) is 13.3 Å². The second-order valence-corrected chi connectivity index (χ2v) is 9.63. The van der Waals surface area contributed by atoms with Gasteiger partial charge in [0.15, 0.2) is 0 Å². The van der Waals surface area contributed by atoms with Gasteiger partial charge in [-0.1, -0.05) is 35.3 Å². The number of anilines is 1. The summed E-state index contributed by atoms with van der Waals surface area (Å²) < 4.78 is 23.0. The van der Waals surface area contributed by atoms with Gasteiger partial charge >= 0.3 is 0 Å². The molecule has 34 heavy (non-hydrogen) atoms. The van der Waals surface area contributed by atoms with Gasteiger partial charge in [-0.15, -0.1) is 0 Å². The van der Waals surface area contributed by atoms with Crippen LogP contribution in [0.1, 0.15) is 22.8 Å². The molecule has 3 rings (SSSR count). The van der Waals surface area contributed by atoms with Crippen LogP contribution in [0.15, 0.2) is 42.5 Å². The van der Waals surface area contributed by atoms with Gasteiger partial charge in [-0.25, -0.2) is 4.21 Å². The van der Waals surface area contributed by atoms with Crippen molar-refractivity contribution in [2.75, 3.05) is 50.1 Å². The highest BCUT2D eigenvalue weighted by molar-refractivity contribution is 7.80. The minimum atomic E-state index is -2.24. The summed E-state index contributed by atoms with van der Waals surface area (Å²) in [6.45, 7) is 6.01. The maximum atomic E-state index is 12.5. The number of rotatable bonds is 9. The van der Waals surface area contributed by atoms with Crippen LogP contribution in [0, 0.1) is 0 Å². The van der Waals surface area contributed by atoms with Crippen molar-refractivity contribution in [3.63, 3.8) is 0 Å². The monoisotopic (exact) mass is 526 g/mol. The van der Waals surface area contributed by atoms with Crippen molar-refractivity contribution in [2.24, 2.45) is 0 Å². The third kappa shape index (κ3) is 7.16. The molecular formula is C23H28Cl2N4O4S. The number of hydrogen-bond acceptors (Lipinski definition) is 4. The average molecular weight is 527 g/mol. The molecule has 1 fully saturated rings. The van der Waals surface area contributed by atoms with Crippen molar-refractivity contribution in [1.82, 2.24) is 15.1 Å². The molecule has 0 saturated carbocycles. The first-order valence-electron chi connectivity index (χ1n) is 10.9. The summed E-state index contributed by atoms with van der Waals surface area (Å²) in [5, 5.41) is 3.76. The van der Waals surface area contributed by atoms with E-state index in [0.29, 0.717) is 53.9 Å². The Hall–Kier alpha value is -2.17. The van der Waals surface area contributed by atoms with Gasteiger partial charge in [-0.3, -0.25) is 23.3 Å². The predicted octanol–water partition coefficient (Wildman–Crippen LogP) is 3.07. The fraction of sp³-hybridized carbons (Fsp3) is 0.391. The number of carbonyl (C=O) groups is 2. The highest BCUT2D eigenvalue weighted by Crippen LogP contribution is 2.26. The van der Waals surface area contributed by atoms with Gasteiger partial charge in [0.2, 0.25) is 5.91 Å². The Kier molecular flexibility index (Phi) is 9.73. The standard InChI is InChI=1S/C23H28Cl2N4O4S/c1-17(30)28-15-13-27(14-16-28)12-10-26-23(31)19-5-7-20(8-6-19)29(34(32)33)11-9-18-3-2-4-21(24)22(18)25/h2-8H,9-16H2,1H3,(H,26,31)(H,32,33). The molecule has 2 amide bonds. The van der Waals surface area contributed by atoms with E-state index >= 15 is 0 Å². The van der Waals surface area contributed by atoms with Crippen molar-refractivity contribution in [3.8, 4) is 0 Å². The quantitative estimate of drug-likeness (QED) is 0.489. The third-order valence-corrected chi connectivity index (χ3v) is 7.38. The Balaban J connectivity index is 1.51. The first-order chi connectivity index (χ1) is 16.3. The Bertz CT molecular complexity index is 1030. The number of carbonyl (C=O) groups excluding carboxylic acids is 2. The van der Waals surface area contributed by atoms with Crippen LogP contribution < -0.4 is 9.62 Å². The first kappa shape index (κ1) is 26.4. The van der Waals surface area contributed by atoms with Gasteiger partial charge in [0.1, 0.15) is 0 Å². The lowest BCUT2D eigenvalue weighted by atomic mass is 10.1. The van der Waals surface area contributed by atoms with Crippen LogP contribution in [0.5, 0.6) is 0 Å². The predicted molar refractivity (Wildman–Crippen MR) is 136 cm³/mol. The minimum Gasteiger partial charge on any atom is -0.351 e.